The zero-order chi connectivity index (χ0) is 14.2. The Morgan fingerprint density at radius 3 is 1.84 bits per heavy atom. The highest BCUT2D eigenvalue weighted by atomic mass is 35.5. The molecule has 9 heteroatoms. The third kappa shape index (κ3) is 1.16. The molecule has 1 saturated heterocycles. The molecule has 19 heavy (non-hydrogen) atoms. The topological polar surface area (TPSA) is 12.5 Å². The van der Waals surface area contributed by atoms with Crippen molar-refractivity contribution >= 4 is 92.8 Å². The van der Waals surface area contributed by atoms with Gasteiger partial charge in [-0.2, -0.15) is 0 Å². The van der Waals surface area contributed by atoms with E-state index < -0.39 is 30.4 Å². The van der Waals surface area contributed by atoms with Crippen molar-refractivity contribution in [1.29, 1.82) is 0 Å². The summed E-state index contributed by atoms with van der Waals surface area (Å²) in [5.41, 5.74) is 0. The molecule has 2 bridgehead atoms. The number of alkyl halides is 6. The van der Waals surface area contributed by atoms with E-state index in [1.165, 1.54) is 0 Å². The molecule has 1 nitrogen and oxygen atoms in total. The Bertz CT molecular complexity index is 520. The van der Waals surface area contributed by atoms with Crippen molar-refractivity contribution < 1.29 is 4.74 Å². The molecule has 0 N–H and O–H groups in total. The van der Waals surface area contributed by atoms with Gasteiger partial charge in [-0.1, -0.05) is 58.0 Å². The van der Waals surface area contributed by atoms with Crippen molar-refractivity contribution in [2.24, 2.45) is 11.8 Å². The van der Waals surface area contributed by atoms with Gasteiger partial charge in [-0.15, -0.1) is 34.8 Å². The summed E-state index contributed by atoms with van der Waals surface area (Å²) in [4.78, 5) is -2.70. The van der Waals surface area contributed by atoms with Crippen LogP contribution in [0.25, 0.3) is 0 Å². The summed E-state index contributed by atoms with van der Waals surface area (Å²) in [6.07, 6.45) is -0.379. The number of hydrogen-bond donors (Lipinski definition) is 0. The number of hydrogen-bond acceptors (Lipinski definition) is 1. The van der Waals surface area contributed by atoms with Crippen LogP contribution in [0.15, 0.2) is 10.1 Å². The van der Waals surface area contributed by atoms with E-state index in [1.54, 1.807) is 0 Å². The average Bonchev–Trinajstić information content (AvgIpc) is 2.90. The Morgan fingerprint density at radius 2 is 1.32 bits per heavy atom. The minimum Gasteiger partial charge on any atom is -0.347 e. The summed E-state index contributed by atoms with van der Waals surface area (Å²) in [6, 6.07) is 0. The normalized spacial score (nSPS) is 64.4. The molecule has 0 amide bonds. The van der Waals surface area contributed by atoms with Gasteiger partial charge in [0.25, 0.3) is 0 Å². The van der Waals surface area contributed by atoms with Crippen LogP contribution in [0.2, 0.25) is 0 Å². The van der Waals surface area contributed by atoms with Gasteiger partial charge in [0.1, 0.15) is 15.9 Å². The van der Waals surface area contributed by atoms with Crippen LogP contribution in [0.4, 0.5) is 0 Å². The zero-order valence-corrected chi connectivity index (χ0v) is 14.8. The number of rotatable bonds is 0. The Kier molecular flexibility index (Phi) is 2.75. The highest BCUT2D eigenvalue weighted by Crippen LogP contribution is 2.83. The monoisotopic (exact) mass is 420 g/mol. The summed E-state index contributed by atoms with van der Waals surface area (Å²) in [5.74, 6) is -0.786. The second-order valence-electron chi connectivity index (χ2n) is 5.32. The molecule has 7 atom stereocenters. The molecule has 0 spiro atoms. The van der Waals surface area contributed by atoms with Crippen molar-refractivity contribution in [2.45, 2.75) is 30.6 Å². The van der Waals surface area contributed by atoms with Crippen LogP contribution in [0.5, 0.6) is 0 Å². The van der Waals surface area contributed by atoms with Crippen molar-refractivity contribution in [3.05, 3.63) is 10.1 Å². The third-order valence-corrected chi connectivity index (χ3v) is 10.2. The maximum Gasteiger partial charge on any atom is 0.185 e. The quantitative estimate of drug-likeness (QED) is 0.394. The van der Waals surface area contributed by atoms with Crippen LogP contribution in [0.3, 0.4) is 0 Å². The van der Waals surface area contributed by atoms with Crippen LogP contribution in [-0.4, -0.2) is 30.6 Å². The predicted molar refractivity (Wildman–Crippen MR) is 80.4 cm³/mol. The van der Waals surface area contributed by atoms with Gasteiger partial charge < -0.3 is 4.74 Å². The molecular formula is C10H4Cl8O. The Hall–Kier alpha value is 2.02. The molecule has 0 unspecified atom stereocenters. The fourth-order valence-corrected chi connectivity index (χ4v) is 7.80. The lowest BCUT2D eigenvalue weighted by Gasteiger charge is -2.35. The molecule has 106 valence electrons. The van der Waals surface area contributed by atoms with Crippen molar-refractivity contribution in [3.8, 4) is 0 Å². The molecular weight excluding hydrogens is 420 g/mol. The number of epoxide rings is 1. The predicted octanol–water partition coefficient (Wildman–Crippen LogP) is 5.02. The highest BCUT2D eigenvalue weighted by Gasteiger charge is 2.92. The van der Waals surface area contributed by atoms with E-state index >= 15 is 0 Å². The van der Waals surface area contributed by atoms with E-state index in [0.29, 0.717) is 0 Å². The van der Waals surface area contributed by atoms with Crippen LogP contribution in [0, 0.1) is 11.8 Å². The van der Waals surface area contributed by atoms with Crippen LogP contribution in [0.1, 0.15) is 0 Å². The Balaban J connectivity index is 2.00. The van der Waals surface area contributed by atoms with Crippen molar-refractivity contribution in [1.82, 2.24) is 0 Å². The van der Waals surface area contributed by atoms with Crippen LogP contribution < -0.4 is 0 Å². The minimum absolute atomic E-state index is 0.143. The maximum atomic E-state index is 6.65. The molecule has 2 saturated carbocycles. The molecule has 4 aliphatic rings. The van der Waals surface area contributed by atoms with Gasteiger partial charge in [-0.25, -0.2) is 0 Å². The first-order valence-corrected chi connectivity index (χ1v) is 8.47. The van der Waals surface area contributed by atoms with Crippen molar-refractivity contribution in [2.75, 3.05) is 0 Å². The average molecular weight is 424 g/mol. The summed E-state index contributed by atoms with van der Waals surface area (Å²) in [5, 5.41) is -1.29. The van der Waals surface area contributed by atoms with E-state index in [1.807, 2.05) is 0 Å². The van der Waals surface area contributed by atoms with E-state index in [2.05, 4.69) is 0 Å². The number of ether oxygens (including phenoxy) is 1. The smallest absolute Gasteiger partial charge is 0.185 e. The van der Waals surface area contributed by atoms with Gasteiger partial charge in [0.2, 0.25) is 0 Å². The van der Waals surface area contributed by atoms with E-state index in [4.69, 9.17) is 97.5 Å². The van der Waals surface area contributed by atoms with Gasteiger partial charge in [0.15, 0.2) is 9.39 Å². The second-order valence-corrected chi connectivity index (χ2v) is 9.65. The summed E-state index contributed by atoms with van der Waals surface area (Å²) < 4.78 is 3.88. The summed E-state index contributed by atoms with van der Waals surface area (Å²) in [6.45, 7) is 0. The largest absolute Gasteiger partial charge is 0.347 e. The van der Waals surface area contributed by atoms with Gasteiger partial charge in [-0.3, -0.25) is 0 Å². The van der Waals surface area contributed by atoms with E-state index in [0.717, 1.165) is 0 Å². The zero-order valence-electron chi connectivity index (χ0n) is 8.74. The number of fused-ring (bicyclic) bond motifs is 7. The molecule has 0 aromatic carbocycles. The standard InChI is InChI=1S/C10H4Cl8O/c11-3-1-2(6-9(3,16)19-6)8(15)5(13)4(12)7(1,14)10(8,17)18/h1-3,6H/t1-,2+,3+,6-,7+,8-,9+/m1/s1. The number of halogens is 8. The van der Waals surface area contributed by atoms with Crippen LogP contribution in [-0.2, 0) is 4.74 Å². The molecule has 0 aromatic rings. The molecule has 3 fully saturated rings. The maximum absolute atomic E-state index is 6.65. The molecule has 1 heterocycles. The Labute approximate surface area is 149 Å². The fourth-order valence-electron chi connectivity index (χ4n) is 3.79. The first kappa shape index (κ1) is 14.6. The molecule has 0 aromatic heterocycles. The van der Waals surface area contributed by atoms with Gasteiger partial charge in [-0.05, 0) is 0 Å². The first-order chi connectivity index (χ1) is 8.56. The lowest BCUT2D eigenvalue weighted by atomic mass is 9.83. The van der Waals surface area contributed by atoms with Gasteiger partial charge in [0.05, 0.1) is 15.4 Å². The lowest BCUT2D eigenvalue weighted by Crippen LogP contribution is -2.47. The molecule has 4 rings (SSSR count). The summed E-state index contributed by atoms with van der Waals surface area (Å²) in [7, 11) is 0. The summed E-state index contributed by atoms with van der Waals surface area (Å²) >= 11 is 51.3. The van der Waals surface area contributed by atoms with E-state index in [9.17, 15) is 0 Å². The minimum atomic E-state index is -1.58. The fraction of sp³-hybridized carbons (Fsp3) is 0.800. The highest BCUT2D eigenvalue weighted by molar-refractivity contribution is 6.66. The van der Waals surface area contributed by atoms with Crippen LogP contribution >= 0.6 is 92.8 Å². The Morgan fingerprint density at radius 1 is 0.842 bits per heavy atom. The van der Waals surface area contributed by atoms with Gasteiger partial charge >= 0.3 is 0 Å². The lowest BCUT2D eigenvalue weighted by molar-refractivity contribution is 0.194. The first-order valence-electron chi connectivity index (χ1n) is 5.39. The SMILES string of the molecule is ClC1=C(Cl)[C@]2(Cl)[C@H]3[C@H]([C@H](Cl)[C@]4(Cl)O[C@H]34)[C@@]1(Cl)C2(Cl)Cl. The number of allylic oxidation sites excluding steroid dienone is 2. The molecule has 0 radical (unpaired) electrons. The third-order valence-electron chi connectivity index (χ3n) is 4.71. The molecule has 1 aliphatic heterocycles. The second kappa shape index (κ2) is 3.57. The van der Waals surface area contributed by atoms with E-state index in [-0.39, 0.29) is 22.1 Å². The van der Waals surface area contributed by atoms with Crippen molar-refractivity contribution in [3.63, 3.8) is 0 Å². The van der Waals surface area contributed by atoms with Gasteiger partial charge in [0, 0.05) is 11.8 Å². The molecule has 3 aliphatic carbocycles.